The average Bonchev–Trinajstić information content (AvgIpc) is 2.32. The molecule has 3 aromatic rings. The quantitative estimate of drug-likeness (QED) is 0.596. The zero-order chi connectivity index (χ0) is 12.9. The van der Waals surface area contributed by atoms with Gasteiger partial charge in [-0.1, -0.05) is 17.7 Å². The number of H-pyrrole nitrogens is 1. The van der Waals surface area contributed by atoms with Crippen LogP contribution >= 0.6 is 0 Å². The van der Waals surface area contributed by atoms with Crippen LogP contribution in [0.4, 0.5) is 4.39 Å². The van der Waals surface area contributed by atoms with E-state index in [2.05, 4.69) is 4.98 Å². The standard InChI is InChI=1S/C14H10FNO2/c1-7-2-3-8-9-5-11(15)13(17)6-12(9)16-14(18)10(8)4-7/h2-6,17H,1H3,(H,16,18). The fraction of sp³-hybridized carbons (Fsp3) is 0.0714. The van der Waals surface area contributed by atoms with Crippen LogP contribution in [0.1, 0.15) is 5.56 Å². The highest BCUT2D eigenvalue weighted by Gasteiger charge is 2.09. The zero-order valence-corrected chi connectivity index (χ0v) is 9.62. The SMILES string of the molecule is Cc1ccc2c(c1)c(=O)[nH]c1cc(O)c(F)cc12. The summed E-state index contributed by atoms with van der Waals surface area (Å²) in [6.07, 6.45) is 0. The number of hydrogen-bond acceptors (Lipinski definition) is 2. The third-order valence-corrected chi connectivity index (χ3v) is 3.05. The van der Waals surface area contributed by atoms with Gasteiger partial charge in [-0.05, 0) is 24.4 Å². The van der Waals surface area contributed by atoms with Gasteiger partial charge in [0.2, 0.25) is 0 Å². The highest BCUT2D eigenvalue weighted by atomic mass is 19.1. The maximum Gasteiger partial charge on any atom is 0.256 e. The van der Waals surface area contributed by atoms with Crippen LogP contribution in [-0.4, -0.2) is 10.1 Å². The number of aromatic amines is 1. The molecular weight excluding hydrogens is 233 g/mol. The van der Waals surface area contributed by atoms with E-state index in [1.165, 1.54) is 12.1 Å². The minimum Gasteiger partial charge on any atom is -0.505 e. The number of rotatable bonds is 0. The normalized spacial score (nSPS) is 11.2. The second-order valence-electron chi connectivity index (χ2n) is 4.35. The van der Waals surface area contributed by atoms with Crippen molar-refractivity contribution in [2.24, 2.45) is 0 Å². The molecule has 2 aromatic carbocycles. The summed E-state index contributed by atoms with van der Waals surface area (Å²) in [6, 6.07) is 7.88. The molecule has 0 aliphatic carbocycles. The van der Waals surface area contributed by atoms with Gasteiger partial charge in [-0.3, -0.25) is 4.79 Å². The minimum atomic E-state index is -0.698. The predicted molar refractivity (Wildman–Crippen MR) is 68.4 cm³/mol. The second-order valence-corrected chi connectivity index (χ2v) is 4.35. The number of halogens is 1. The number of phenols is 1. The van der Waals surface area contributed by atoms with Gasteiger partial charge < -0.3 is 10.1 Å². The summed E-state index contributed by atoms with van der Waals surface area (Å²) in [6.45, 7) is 1.89. The summed E-state index contributed by atoms with van der Waals surface area (Å²) in [4.78, 5) is 14.6. The van der Waals surface area contributed by atoms with Gasteiger partial charge in [-0.2, -0.15) is 0 Å². The molecule has 0 radical (unpaired) electrons. The largest absolute Gasteiger partial charge is 0.505 e. The lowest BCUT2D eigenvalue weighted by molar-refractivity contribution is 0.433. The summed E-state index contributed by atoms with van der Waals surface area (Å²) in [7, 11) is 0. The van der Waals surface area contributed by atoms with Gasteiger partial charge in [-0.15, -0.1) is 0 Å². The summed E-state index contributed by atoms with van der Waals surface area (Å²) in [5.41, 5.74) is 1.15. The lowest BCUT2D eigenvalue weighted by atomic mass is 10.0. The van der Waals surface area contributed by atoms with Crippen molar-refractivity contribution in [2.75, 3.05) is 0 Å². The Morgan fingerprint density at radius 1 is 1.11 bits per heavy atom. The first-order valence-electron chi connectivity index (χ1n) is 5.51. The molecule has 3 rings (SSSR count). The lowest BCUT2D eigenvalue weighted by Gasteiger charge is -2.05. The Balaban J connectivity index is 2.60. The zero-order valence-electron chi connectivity index (χ0n) is 9.62. The summed E-state index contributed by atoms with van der Waals surface area (Å²) in [5.74, 6) is -1.17. The molecule has 2 N–H and O–H groups in total. The van der Waals surface area contributed by atoms with Crippen LogP contribution in [-0.2, 0) is 0 Å². The first-order chi connectivity index (χ1) is 8.56. The van der Waals surface area contributed by atoms with E-state index in [0.29, 0.717) is 21.7 Å². The van der Waals surface area contributed by atoms with Crippen molar-refractivity contribution in [1.29, 1.82) is 0 Å². The fourth-order valence-electron chi connectivity index (χ4n) is 2.16. The van der Waals surface area contributed by atoms with E-state index in [9.17, 15) is 14.3 Å². The first-order valence-corrected chi connectivity index (χ1v) is 5.51. The second kappa shape index (κ2) is 3.57. The molecule has 0 saturated heterocycles. The Kier molecular flexibility index (Phi) is 2.13. The summed E-state index contributed by atoms with van der Waals surface area (Å²) < 4.78 is 13.4. The maximum absolute atomic E-state index is 13.4. The van der Waals surface area contributed by atoms with Crippen LogP contribution in [0.15, 0.2) is 35.1 Å². The Morgan fingerprint density at radius 3 is 2.67 bits per heavy atom. The first kappa shape index (κ1) is 10.8. The molecule has 4 heteroatoms. The number of benzene rings is 2. The van der Waals surface area contributed by atoms with Gasteiger partial charge in [0.25, 0.3) is 5.56 Å². The molecule has 1 aromatic heterocycles. The van der Waals surface area contributed by atoms with Gasteiger partial charge in [0.05, 0.1) is 5.52 Å². The van der Waals surface area contributed by atoms with Crippen molar-refractivity contribution in [1.82, 2.24) is 4.98 Å². The molecule has 18 heavy (non-hydrogen) atoms. The van der Waals surface area contributed by atoms with Crippen molar-refractivity contribution >= 4 is 21.7 Å². The monoisotopic (exact) mass is 243 g/mol. The average molecular weight is 243 g/mol. The molecule has 0 fully saturated rings. The molecule has 90 valence electrons. The molecule has 0 amide bonds. The van der Waals surface area contributed by atoms with E-state index >= 15 is 0 Å². The van der Waals surface area contributed by atoms with Gasteiger partial charge in [-0.25, -0.2) is 4.39 Å². The Bertz CT molecular complexity index is 836. The number of nitrogens with one attached hydrogen (secondary N) is 1. The molecule has 0 spiro atoms. The van der Waals surface area contributed by atoms with Gasteiger partial charge >= 0.3 is 0 Å². The Labute approximate surface area is 102 Å². The van der Waals surface area contributed by atoms with Crippen LogP contribution in [0.5, 0.6) is 5.75 Å². The molecule has 0 atom stereocenters. The van der Waals surface area contributed by atoms with Crippen molar-refractivity contribution in [3.63, 3.8) is 0 Å². The van der Waals surface area contributed by atoms with E-state index < -0.39 is 11.6 Å². The van der Waals surface area contributed by atoms with Crippen LogP contribution in [0, 0.1) is 12.7 Å². The number of aromatic nitrogens is 1. The van der Waals surface area contributed by atoms with Crippen molar-refractivity contribution in [2.45, 2.75) is 6.92 Å². The molecule has 0 unspecified atom stereocenters. The molecule has 0 bridgehead atoms. The number of aryl methyl sites for hydroxylation is 1. The van der Waals surface area contributed by atoms with Crippen LogP contribution in [0.25, 0.3) is 21.7 Å². The summed E-state index contributed by atoms with van der Waals surface area (Å²) >= 11 is 0. The highest BCUT2D eigenvalue weighted by Crippen LogP contribution is 2.27. The Hall–Kier alpha value is -2.36. The number of aromatic hydroxyl groups is 1. The molecule has 1 heterocycles. The lowest BCUT2D eigenvalue weighted by Crippen LogP contribution is -2.06. The maximum atomic E-state index is 13.4. The third kappa shape index (κ3) is 1.46. The number of pyridine rings is 1. The van der Waals surface area contributed by atoms with Crippen LogP contribution < -0.4 is 5.56 Å². The molecule has 0 aliphatic heterocycles. The molecular formula is C14H10FNO2. The predicted octanol–water partition coefficient (Wildman–Crippen LogP) is 2.83. The van der Waals surface area contributed by atoms with Crippen LogP contribution in [0.3, 0.4) is 0 Å². The number of phenolic OH excluding ortho intramolecular Hbond substituents is 1. The van der Waals surface area contributed by atoms with Crippen molar-refractivity contribution in [3.05, 3.63) is 52.1 Å². The van der Waals surface area contributed by atoms with E-state index in [4.69, 9.17) is 0 Å². The fourth-order valence-corrected chi connectivity index (χ4v) is 2.16. The minimum absolute atomic E-state index is 0.243. The molecule has 3 nitrogen and oxygen atoms in total. The van der Waals surface area contributed by atoms with E-state index in [-0.39, 0.29) is 5.56 Å². The van der Waals surface area contributed by atoms with Gasteiger partial charge in [0.15, 0.2) is 11.6 Å². The Morgan fingerprint density at radius 2 is 1.89 bits per heavy atom. The van der Waals surface area contributed by atoms with Crippen LogP contribution in [0.2, 0.25) is 0 Å². The number of hydrogen-bond donors (Lipinski definition) is 2. The van der Waals surface area contributed by atoms with E-state index in [0.717, 1.165) is 5.56 Å². The molecule has 0 aliphatic rings. The third-order valence-electron chi connectivity index (χ3n) is 3.05. The summed E-state index contributed by atoms with van der Waals surface area (Å²) in [5, 5.41) is 11.1. The van der Waals surface area contributed by atoms with Gasteiger partial charge in [0, 0.05) is 16.8 Å². The highest BCUT2D eigenvalue weighted by molar-refractivity contribution is 6.05. The molecule has 0 saturated carbocycles. The van der Waals surface area contributed by atoms with Crippen molar-refractivity contribution in [3.8, 4) is 5.75 Å². The smallest absolute Gasteiger partial charge is 0.256 e. The van der Waals surface area contributed by atoms with Gasteiger partial charge in [0.1, 0.15) is 0 Å². The topological polar surface area (TPSA) is 53.1 Å². The van der Waals surface area contributed by atoms with Crippen molar-refractivity contribution < 1.29 is 9.50 Å². The number of fused-ring (bicyclic) bond motifs is 3. The van der Waals surface area contributed by atoms with E-state index in [1.807, 2.05) is 13.0 Å². The van der Waals surface area contributed by atoms with E-state index in [1.54, 1.807) is 12.1 Å².